The number of hydrogen-bond donors (Lipinski definition) is 0. The molecule has 0 saturated carbocycles. The van der Waals surface area contributed by atoms with Gasteiger partial charge >= 0.3 is 0 Å². The Bertz CT molecular complexity index is 1650. The summed E-state index contributed by atoms with van der Waals surface area (Å²) in [5, 5.41) is 2.41. The first-order chi connectivity index (χ1) is 15.8. The van der Waals surface area contributed by atoms with E-state index in [0.717, 1.165) is 39.6 Å². The Balaban J connectivity index is 1.43. The van der Waals surface area contributed by atoms with E-state index in [2.05, 4.69) is 71.3 Å². The fourth-order valence-corrected chi connectivity index (χ4v) is 4.65. The van der Waals surface area contributed by atoms with Gasteiger partial charge in [-0.3, -0.25) is 4.57 Å². The maximum Gasteiger partial charge on any atom is 0.153 e. The fourth-order valence-electron chi connectivity index (χ4n) is 4.65. The van der Waals surface area contributed by atoms with E-state index in [0.29, 0.717) is 0 Å². The van der Waals surface area contributed by atoms with Gasteiger partial charge in [0, 0.05) is 5.56 Å². The standard InChI is InChI=1S/C29H18N2O/c1-2-7-19(8-3-1)20-13-14-22-18-23(16-15-21(22)17-20)29-30-24-9-6-12-27-28(24)31(29)25-10-4-5-11-26(25)32-27/h1-18H. The molecule has 0 aliphatic carbocycles. The van der Waals surface area contributed by atoms with Gasteiger partial charge in [0.05, 0.1) is 11.2 Å². The SMILES string of the molecule is c1ccc(-c2ccc3cc(-c4nc5cccc6c5n4-c4ccccc4O6)ccc3c2)cc1. The van der Waals surface area contributed by atoms with Gasteiger partial charge in [0.1, 0.15) is 11.3 Å². The Morgan fingerprint density at radius 2 is 1.28 bits per heavy atom. The second kappa shape index (κ2) is 6.56. The van der Waals surface area contributed by atoms with Crippen molar-refractivity contribution in [3.05, 3.63) is 109 Å². The highest BCUT2D eigenvalue weighted by Crippen LogP contribution is 2.43. The van der Waals surface area contributed by atoms with Crippen LogP contribution in [-0.2, 0) is 0 Å². The van der Waals surface area contributed by atoms with Crippen LogP contribution in [0.4, 0.5) is 0 Å². The van der Waals surface area contributed by atoms with Crippen molar-refractivity contribution in [1.82, 2.24) is 9.55 Å². The lowest BCUT2D eigenvalue weighted by Gasteiger charge is -2.20. The molecule has 0 amide bonds. The summed E-state index contributed by atoms with van der Waals surface area (Å²) in [5.74, 6) is 2.62. The van der Waals surface area contributed by atoms with Crippen molar-refractivity contribution in [2.75, 3.05) is 0 Å². The van der Waals surface area contributed by atoms with Gasteiger partial charge in [0.25, 0.3) is 0 Å². The molecule has 0 N–H and O–H groups in total. The Kier molecular flexibility index (Phi) is 3.55. The molecule has 0 unspecified atom stereocenters. The molecule has 1 aliphatic heterocycles. The van der Waals surface area contributed by atoms with E-state index in [9.17, 15) is 0 Å². The molecule has 1 aliphatic rings. The van der Waals surface area contributed by atoms with E-state index in [1.165, 1.54) is 21.9 Å². The molecule has 0 radical (unpaired) electrons. The Hall–Kier alpha value is -4.37. The van der Waals surface area contributed by atoms with Crippen molar-refractivity contribution in [2.24, 2.45) is 0 Å². The third-order valence-corrected chi connectivity index (χ3v) is 6.17. The van der Waals surface area contributed by atoms with Crippen molar-refractivity contribution in [2.45, 2.75) is 0 Å². The van der Waals surface area contributed by atoms with Crippen LogP contribution < -0.4 is 4.74 Å². The van der Waals surface area contributed by atoms with Crippen LogP contribution in [0.25, 0.3) is 50.0 Å². The van der Waals surface area contributed by atoms with Gasteiger partial charge in [0.2, 0.25) is 0 Å². The zero-order valence-corrected chi connectivity index (χ0v) is 17.2. The van der Waals surface area contributed by atoms with Gasteiger partial charge in [0.15, 0.2) is 11.5 Å². The molecule has 0 atom stereocenters. The maximum absolute atomic E-state index is 6.16. The number of rotatable bonds is 2. The first kappa shape index (κ1) is 17.3. The molecule has 0 spiro atoms. The van der Waals surface area contributed by atoms with E-state index in [4.69, 9.17) is 9.72 Å². The predicted octanol–water partition coefficient (Wildman–Crippen LogP) is 7.62. The summed E-state index contributed by atoms with van der Waals surface area (Å²) in [6.45, 7) is 0. The van der Waals surface area contributed by atoms with Crippen molar-refractivity contribution in [1.29, 1.82) is 0 Å². The number of fused-ring (bicyclic) bond motifs is 3. The zero-order valence-electron chi connectivity index (χ0n) is 17.2. The largest absolute Gasteiger partial charge is 0.453 e. The van der Waals surface area contributed by atoms with Crippen LogP contribution in [0.2, 0.25) is 0 Å². The number of para-hydroxylation sites is 3. The smallest absolute Gasteiger partial charge is 0.153 e. The number of benzene rings is 5. The molecule has 1 aromatic heterocycles. The van der Waals surface area contributed by atoms with Gasteiger partial charge < -0.3 is 4.74 Å². The third-order valence-electron chi connectivity index (χ3n) is 6.17. The molecule has 0 bridgehead atoms. The lowest BCUT2D eigenvalue weighted by Crippen LogP contribution is -2.05. The van der Waals surface area contributed by atoms with Gasteiger partial charge in [-0.1, -0.05) is 72.8 Å². The lowest BCUT2D eigenvalue weighted by molar-refractivity contribution is 0.476. The average molecular weight is 410 g/mol. The molecular formula is C29H18N2O. The van der Waals surface area contributed by atoms with E-state index in [1.807, 2.05) is 42.5 Å². The van der Waals surface area contributed by atoms with Gasteiger partial charge in [-0.05, 0) is 58.3 Å². The molecule has 3 heteroatoms. The normalized spacial score (nSPS) is 12.0. The van der Waals surface area contributed by atoms with Crippen LogP contribution in [0, 0.1) is 0 Å². The summed E-state index contributed by atoms with van der Waals surface area (Å²) in [7, 11) is 0. The van der Waals surface area contributed by atoms with Crippen LogP contribution in [-0.4, -0.2) is 9.55 Å². The first-order valence-electron chi connectivity index (χ1n) is 10.7. The number of nitrogens with zero attached hydrogens (tertiary/aromatic N) is 2. The van der Waals surface area contributed by atoms with Gasteiger partial charge in [-0.25, -0.2) is 4.98 Å². The van der Waals surface area contributed by atoms with Gasteiger partial charge in [-0.15, -0.1) is 0 Å². The molecular weight excluding hydrogens is 392 g/mol. The average Bonchev–Trinajstić information content (AvgIpc) is 3.25. The van der Waals surface area contributed by atoms with Gasteiger partial charge in [-0.2, -0.15) is 0 Å². The van der Waals surface area contributed by atoms with Crippen LogP contribution in [0.1, 0.15) is 0 Å². The predicted molar refractivity (Wildman–Crippen MR) is 130 cm³/mol. The summed E-state index contributed by atoms with van der Waals surface area (Å²) in [6, 6.07) is 37.9. The summed E-state index contributed by atoms with van der Waals surface area (Å²) >= 11 is 0. The molecule has 150 valence electrons. The van der Waals surface area contributed by atoms with Crippen molar-refractivity contribution in [3.8, 4) is 39.7 Å². The highest BCUT2D eigenvalue weighted by molar-refractivity contribution is 5.94. The minimum atomic E-state index is 0.841. The highest BCUT2D eigenvalue weighted by Gasteiger charge is 2.24. The monoisotopic (exact) mass is 410 g/mol. The Labute approximate surface area is 185 Å². The van der Waals surface area contributed by atoms with E-state index in [-0.39, 0.29) is 0 Å². The molecule has 3 nitrogen and oxygen atoms in total. The molecule has 32 heavy (non-hydrogen) atoms. The van der Waals surface area contributed by atoms with E-state index < -0.39 is 0 Å². The van der Waals surface area contributed by atoms with E-state index >= 15 is 0 Å². The number of aromatic nitrogens is 2. The Morgan fingerprint density at radius 3 is 2.16 bits per heavy atom. The molecule has 7 rings (SSSR count). The summed E-state index contributed by atoms with van der Waals surface area (Å²) in [4.78, 5) is 5.01. The Morgan fingerprint density at radius 1 is 0.562 bits per heavy atom. The van der Waals surface area contributed by atoms with Crippen molar-refractivity contribution < 1.29 is 4.74 Å². The maximum atomic E-state index is 6.16. The third kappa shape index (κ3) is 2.51. The topological polar surface area (TPSA) is 27.1 Å². The summed E-state index contributed by atoms with van der Waals surface area (Å²) in [5.41, 5.74) is 6.51. The quantitative estimate of drug-likeness (QED) is 0.293. The fraction of sp³-hybridized carbons (Fsp3) is 0. The number of ether oxygens (including phenoxy) is 1. The second-order valence-corrected chi connectivity index (χ2v) is 8.11. The summed E-state index contributed by atoms with van der Waals surface area (Å²) < 4.78 is 8.39. The molecule has 0 fully saturated rings. The second-order valence-electron chi connectivity index (χ2n) is 8.11. The lowest BCUT2D eigenvalue weighted by atomic mass is 10.00. The minimum absolute atomic E-state index is 0.841. The molecule has 5 aromatic carbocycles. The number of imidazole rings is 1. The van der Waals surface area contributed by atoms with Crippen LogP contribution in [0.15, 0.2) is 109 Å². The highest BCUT2D eigenvalue weighted by atomic mass is 16.5. The van der Waals surface area contributed by atoms with Crippen LogP contribution in [0.3, 0.4) is 0 Å². The van der Waals surface area contributed by atoms with Crippen molar-refractivity contribution >= 4 is 21.8 Å². The minimum Gasteiger partial charge on any atom is -0.453 e. The van der Waals surface area contributed by atoms with Crippen LogP contribution in [0.5, 0.6) is 11.5 Å². The number of hydrogen-bond acceptors (Lipinski definition) is 2. The molecule has 0 saturated heterocycles. The zero-order chi connectivity index (χ0) is 21.1. The first-order valence-corrected chi connectivity index (χ1v) is 10.7. The van der Waals surface area contributed by atoms with Crippen molar-refractivity contribution in [3.63, 3.8) is 0 Å². The van der Waals surface area contributed by atoms with E-state index in [1.54, 1.807) is 0 Å². The van der Waals surface area contributed by atoms with Crippen LogP contribution >= 0.6 is 0 Å². The molecule has 6 aromatic rings. The molecule has 2 heterocycles. The summed E-state index contributed by atoms with van der Waals surface area (Å²) in [6.07, 6.45) is 0.